The van der Waals surface area contributed by atoms with E-state index in [0.29, 0.717) is 5.76 Å². The van der Waals surface area contributed by atoms with Crippen molar-refractivity contribution in [3.8, 4) is 0 Å². The Kier molecular flexibility index (Phi) is 4.27. The number of halogens is 1. The van der Waals surface area contributed by atoms with Gasteiger partial charge in [-0.25, -0.2) is 0 Å². The van der Waals surface area contributed by atoms with Gasteiger partial charge in [0.1, 0.15) is 5.76 Å². The second-order valence-corrected chi connectivity index (χ2v) is 5.60. The number of anilines is 1. The highest BCUT2D eigenvalue weighted by Crippen LogP contribution is 2.20. The molecule has 110 valence electrons. The third-order valence-electron chi connectivity index (χ3n) is 3.74. The first kappa shape index (κ1) is 14.2. The van der Waals surface area contributed by atoms with Gasteiger partial charge >= 0.3 is 0 Å². The Morgan fingerprint density at radius 2 is 1.76 bits per heavy atom. The number of benzene rings is 1. The van der Waals surface area contributed by atoms with E-state index < -0.39 is 0 Å². The minimum Gasteiger partial charge on any atom is -0.457 e. The van der Waals surface area contributed by atoms with Gasteiger partial charge in [0, 0.05) is 36.9 Å². The Morgan fingerprint density at radius 3 is 2.38 bits per heavy atom. The largest absolute Gasteiger partial charge is 0.457 e. The van der Waals surface area contributed by atoms with Gasteiger partial charge < -0.3 is 9.32 Å². The van der Waals surface area contributed by atoms with E-state index in [1.165, 1.54) is 5.69 Å². The van der Waals surface area contributed by atoms with Crippen LogP contribution in [-0.4, -0.2) is 37.4 Å². The summed E-state index contributed by atoms with van der Waals surface area (Å²) in [4.78, 5) is 15.3. The van der Waals surface area contributed by atoms with Crippen molar-refractivity contribution in [3.63, 3.8) is 0 Å². The highest BCUT2D eigenvalue weighted by atomic mass is 35.5. The molecule has 0 atom stereocenters. The molecule has 0 unspecified atom stereocenters. The number of nitrogens with zero attached hydrogens (tertiary/aromatic N) is 2. The number of hydrogen-bond acceptors (Lipinski definition) is 4. The van der Waals surface area contributed by atoms with Crippen LogP contribution in [0.25, 0.3) is 0 Å². The number of piperazine rings is 1. The van der Waals surface area contributed by atoms with E-state index >= 15 is 0 Å². The van der Waals surface area contributed by atoms with Gasteiger partial charge in [0.15, 0.2) is 12.0 Å². The fourth-order valence-electron chi connectivity index (χ4n) is 2.58. The minimum atomic E-state index is 0.393. The molecular formula is C16H17ClN2O2. The van der Waals surface area contributed by atoms with Gasteiger partial charge in [-0.2, -0.15) is 0 Å². The summed E-state index contributed by atoms with van der Waals surface area (Å²) in [5.74, 6) is 1.24. The number of carbonyl (C=O) groups excluding carboxylic acids is 1. The first-order valence-electron chi connectivity index (χ1n) is 7.01. The van der Waals surface area contributed by atoms with Crippen LogP contribution in [0.5, 0.6) is 0 Å². The SMILES string of the molecule is O=Cc1ccc(CN2CCN(c3ccc(Cl)cc3)CC2)o1. The van der Waals surface area contributed by atoms with E-state index in [1.54, 1.807) is 6.07 Å². The lowest BCUT2D eigenvalue weighted by Gasteiger charge is -2.35. The summed E-state index contributed by atoms with van der Waals surface area (Å²) in [5.41, 5.74) is 1.21. The maximum atomic E-state index is 10.6. The second-order valence-electron chi connectivity index (χ2n) is 5.16. The highest BCUT2D eigenvalue weighted by molar-refractivity contribution is 6.30. The van der Waals surface area contributed by atoms with E-state index in [2.05, 4.69) is 21.9 Å². The fourth-order valence-corrected chi connectivity index (χ4v) is 2.71. The van der Waals surface area contributed by atoms with E-state index in [9.17, 15) is 4.79 Å². The molecule has 0 radical (unpaired) electrons. The van der Waals surface area contributed by atoms with Crippen LogP contribution in [0.3, 0.4) is 0 Å². The number of hydrogen-bond donors (Lipinski definition) is 0. The van der Waals surface area contributed by atoms with Gasteiger partial charge in [-0.05, 0) is 36.4 Å². The highest BCUT2D eigenvalue weighted by Gasteiger charge is 2.18. The second kappa shape index (κ2) is 6.33. The smallest absolute Gasteiger partial charge is 0.185 e. The molecule has 4 nitrogen and oxygen atoms in total. The Morgan fingerprint density at radius 1 is 1.05 bits per heavy atom. The van der Waals surface area contributed by atoms with Crippen LogP contribution in [0, 0.1) is 0 Å². The van der Waals surface area contributed by atoms with E-state index in [-0.39, 0.29) is 0 Å². The molecule has 5 heteroatoms. The summed E-state index contributed by atoms with van der Waals surface area (Å²) in [6, 6.07) is 11.5. The van der Waals surface area contributed by atoms with Gasteiger partial charge in [-0.15, -0.1) is 0 Å². The maximum absolute atomic E-state index is 10.6. The molecule has 1 aliphatic rings. The molecule has 1 aliphatic heterocycles. The monoisotopic (exact) mass is 304 g/mol. The standard InChI is InChI=1S/C16H17ClN2O2/c17-13-1-3-14(4-2-13)19-9-7-18(8-10-19)11-15-5-6-16(12-20)21-15/h1-6,12H,7-11H2. The quantitative estimate of drug-likeness (QED) is 0.814. The molecule has 2 aromatic rings. The maximum Gasteiger partial charge on any atom is 0.185 e. The zero-order chi connectivity index (χ0) is 14.7. The van der Waals surface area contributed by atoms with Gasteiger partial charge in [0.05, 0.1) is 6.54 Å². The molecule has 0 amide bonds. The van der Waals surface area contributed by atoms with E-state index in [0.717, 1.165) is 49.8 Å². The number of aldehydes is 1. The van der Waals surface area contributed by atoms with Crippen LogP contribution < -0.4 is 4.90 Å². The van der Waals surface area contributed by atoms with Gasteiger partial charge in [0.25, 0.3) is 0 Å². The molecule has 1 fully saturated rings. The van der Waals surface area contributed by atoms with Crippen molar-refractivity contribution in [1.82, 2.24) is 4.90 Å². The predicted molar refractivity (Wildman–Crippen MR) is 83.0 cm³/mol. The van der Waals surface area contributed by atoms with Crippen molar-refractivity contribution in [2.75, 3.05) is 31.1 Å². The summed E-state index contributed by atoms with van der Waals surface area (Å²) in [6.07, 6.45) is 0.738. The van der Waals surface area contributed by atoms with Crippen LogP contribution in [0.1, 0.15) is 16.3 Å². The van der Waals surface area contributed by atoms with Crippen LogP contribution in [0.4, 0.5) is 5.69 Å². The van der Waals surface area contributed by atoms with Crippen molar-refractivity contribution in [1.29, 1.82) is 0 Å². The van der Waals surface area contributed by atoms with Gasteiger partial charge in [-0.3, -0.25) is 9.69 Å². The van der Waals surface area contributed by atoms with Crippen molar-refractivity contribution in [2.24, 2.45) is 0 Å². The number of rotatable bonds is 4. The normalized spacial score (nSPS) is 16.1. The van der Waals surface area contributed by atoms with Crippen molar-refractivity contribution in [3.05, 3.63) is 52.9 Å². The molecule has 21 heavy (non-hydrogen) atoms. The molecule has 1 saturated heterocycles. The average Bonchev–Trinajstić information content (AvgIpc) is 2.97. The Hall–Kier alpha value is -1.78. The Labute approximate surface area is 128 Å². The van der Waals surface area contributed by atoms with Crippen LogP contribution in [0.15, 0.2) is 40.8 Å². The molecule has 2 heterocycles. The van der Waals surface area contributed by atoms with Gasteiger partial charge in [0.2, 0.25) is 0 Å². The van der Waals surface area contributed by atoms with Crippen molar-refractivity contribution >= 4 is 23.6 Å². The molecule has 0 saturated carbocycles. The molecule has 0 aliphatic carbocycles. The van der Waals surface area contributed by atoms with Crippen molar-refractivity contribution in [2.45, 2.75) is 6.54 Å². The van der Waals surface area contributed by atoms with Crippen molar-refractivity contribution < 1.29 is 9.21 Å². The first-order chi connectivity index (χ1) is 10.2. The molecule has 1 aromatic heterocycles. The fraction of sp³-hybridized carbons (Fsp3) is 0.312. The van der Waals surface area contributed by atoms with E-state index in [4.69, 9.17) is 16.0 Å². The van der Waals surface area contributed by atoms with Crippen LogP contribution >= 0.6 is 11.6 Å². The minimum absolute atomic E-state index is 0.393. The average molecular weight is 305 g/mol. The molecule has 0 spiro atoms. The zero-order valence-electron chi connectivity index (χ0n) is 11.7. The lowest BCUT2D eigenvalue weighted by molar-refractivity contribution is 0.109. The number of carbonyl (C=O) groups is 1. The zero-order valence-corrected chi connectivity index (χ0v) is 12.4. The molecule has 3 rings (SSSR count). The topological polar surface area (TPSA) is 36.7 Å². The summed E-state index contributed by atoms with van der Waals surface area (Å²) < 4.78 is 5.42. The summed E-state index contributed by atoms with van der Waals surface area (Å²) >= 11 is 5.92. The first-order valence-corrected chi connectivity index (χ1v) is 7.39. The molecule has 1 aromatic carbocycles. The summed E-state index contributed by atoms with van der Waals surface area (Å²) in [6.45, 7) is 4.65. The third kappa shape index (κ3) is 3.46. The molecule has 0 bridgehead atoms. The van der Waals surface area contributed by atoms with Crippen LogP contribution in [-0.2, 0) is 6.54 Å². The van der Waals surface area contributed by atoms with Gasteiger partial charge in [-0.1, -0.05) is 11.6 Å². The predicted octanol–water partition coefficient (Wildman–Crippen LogP) is 3.07. The third-order valence-corrected chi connectivity index (χ3v) is 3.99. The lowest BCUT2D eigenvalue weighted by atomic mass is 10.2. The Bertz CT molecular complexity index is 601. The lowest BCUT2D eigenvalue weighted by Crippen LogP contribution is -2.45. The van der Waals surface area contributed by atoms with E-state index in [1.807, 2.05) is 18.2 Å². The number of furan rings is 1. The van der Waals surface area contributed by atoms with Crippen LogP contribution in [0.2, 0.25) is 5.02 Å². The molecular weight excluding hydrogens is 288 g/mol. The molecule has 0 N–H and O–H groups in total. The Balaban J connectivity index is 1.55. The summed E-state index contributed by atoms with van der Waals surface area (Å²) in [7, 11) is 0. The summed E-state index contributed by atoms with van der Waals surface area (Å²) in [5, 5.41) is 0.765.